The predicted octanol–water partition coefficient (Wildman–Crippen LogP) is 3.10. The fourth-order valence-electron chi connectivity index (χ4n) is 1.68. The highest BCUT2D eigenvalue weighted by molar-refractivity contribution is 5.62. The Labute approximate surface area is 95.9 Å². The molecule has 1 heterocycles. The first-order valence-electron chi connectivity index (χ1n) is 5.62. The molecule has 16 heavy (non-hydrogen) atoms. The van der Waals surface area contributed by atoms with Gasteiger partial charge >= 0.3 is 0 Å². The Hall–Kier alpha value is -1.77. The normalized spacial score (nSPS) is 12.6. The molecule has 0 saturated carbocycles. The summed E-state index contributed by atoms with van der Waals surface area (Å²) in [6, 6.07) is 12.4. The first-order chi connectivity index (χ1) is 7.72. The lowest BCUT2D eigenvalue weighted by molar-refractivity contribution is 0.486. The number of anilines is 1. The summed E-state index contributed by atoms with van der Waals surface area (Å²) in [5.74, 6) is 0.730. The van der Waals surface area contributed by atoms with E-state index in [4.69, 9.17) is 5.73 Å². The highest BCUT2D eigenvalue weighted by Gasteiger charge is 2.10. The first kappa shape index (κ1) is 10.7. The molecule has 0 bridgehead atoms. The molecular formula is C13H17N3. The molecule has 3 heteroatoms. The Kier molecular flexibility index (Phi) is 2.95. The molecule has 1 atom stereocenters. The average Bonchev–Trinajstić information content (AvgIpc) is 2.71. The van der Waals surface area contributed by atoms with Crippen LogP contribution in [0.15, 0.2) is 36.4 Å². The van der Waals surface area contributed by atoms with Crippen molar-refractivity contribution in [3.63, 3.8) is 0 Å². The van der Waals surface area contributed by atoms with Gasteiger partial charge in [-0.15, -0.1) is 0 Å². The molecule has 0 fully saturated rings. The highest BCUT2D eigenvalue weighted by Crippen LogP contribution is 2.23. The SMILES string of the molecule is CCC(C)n1nc(-c2ccccc2)cc1N. The Bertz CT molecular complexity index is 459. The number of hydrogen-bond acceptors (Lipinski definition) is 2. The van der Waals surface area contributed by atoms with Crippen LogP contribution in [0, 0.1) is 0 Å². The van der Waals surface area contributed by atoms with Gasteiger partial charge in [0.05, 0.1) is 11.7 Å². The van der Waals surface area contributed by atoms with Gasteiger partial charge < -0.3 is 5.73 Å². The van der Waals surface area contributed by atoms with Gasteiger partial charge in [-0.1, -0.05) is 37.3 Å². The first-order valence-corrected chi connectivity index (χ1v) is 5.62. The van der Waals surface area contributed by atoms with Crippen molar-refractivity contribution in [2.24, 2.45) is 0 Å². The largest absolute Gasteiger partial charge is 0.384 e. The van der Waals surface area contributed by atoms with Crippen molar-refractivity contribution >= 4 is 5.82 Å². The van der Waals surface area contributed by atoms with Crippen molar-refractivity contribution in [2.45, 2.75) is 26.3 Å². The molecule has 2 aromatic rings. The molecule has 1 aromatic heterocycles. The van der Waals surface area contributed by atoms with Crippen molar-refractivity contribution in [3.05, 3.63) is 36.4 Å². The standard InChI is InChI=1S/C13H17N3/c1-3-10(2)16-13(14)9-12(15-16)11-7-5-4-6-8-11/h4-10H,3,14H2,1-2H3. The van der Waals surface area contributed by atoms with Crippen LogP contribution < -0.4 is 5.73 Å². The monoisotopic (exact) mass is 215 g/mol. The third-order valence-electron chi connectivity index (χ3n) is 2.84. The topological polar surface area (TPSA) is 43.8 Å². The fourth-order valence-corrected chi connectivity index (χ4v) is 1.68. The number of nitrogens with zero attached hydrogens (tertiary/aromatic N) is 2. The molecule has 2 rings (SSSR count). The third kappa shape index (κ3) is 1.94. The zero-order valence-corrected chi connectivity index (χ0v) is 9.72. The summed E-state index contributed by atoms with van der Waals surface area (Å²) in [5, 5.41) is 4.54. The van der Waals surface area contributed by atoms with Crippen LogP contribution in [0.25, 0.3) is 11.3 Å². The number of aromatic nitrogens is 2. The van der Waals surface area contributed by atoms with Crippen molar-refractivity contribution in [3.8, 4) is 11.3 Å². The predicted molar refractivity (Wildman–Crippen MR) is 67.1 cm³/mol. The Balaban J connectivity index is 2.38. The van der Waals surface area contributed by atoms with Gasteiger partial charge in [-0.2, -0.15) is 5.10 Å². The van der Waals surface area contributed by atoms with Crippen LogP contribution in [0.1, 0.15) is 26.3 Å². The van der Waals surface area contributed by atoms with Crippen molar-refractivity contribution in [1.29, 1.82) is 0 Å². The maximum Gasteiger partial charge on any atom is 0.122 e. The average molecular weight is 215 g/mol. The molecule has 1 unspecified atom stereocenters. The lowest BCUT2D eigenvalue weighted by atomic mass is 10.2. The van der Waals surface area contributed by atoms with E-state index in [1.54, 1.807) is 0 Å². The quantitative estimate of drug-likeness (QED) is 0.855. The van der Waals surface area contributed by atoms with E-state index in [0.717, 1.165) is 23.5 Å². The molecule has 0 saturated heterocycles. The zero-order valence-electron chi connectivity index (χ0n) is 9.72. The number of rotatable bonds is 3. The van der Waals surface area contributed by atoms with E-state index in [2.05, 4.69) is 18.9 Å². The zero-order chi connectivity index (χ0) is 11.5. The highest BCUT2D eigenvalue weighted by atomic mass is 15.3. The molecule has 2 N–H and O–H groups in total. The second-order valence-electron chi connectivity index (χ2n) is 4.02. The van der Waals surface area contributed by atoms with Crippen LogP contribution in [0.4, 0.5) is 5.82 Å². The summed E-state index contributed by atoms with van der Waals surface area (Å²) in [6.45, 7) is 4.26. The summed E-state index contributed by atoms with van der Waals surface area (Å²) in [7, 11) is 0. The van der Waals surface area contributed by atoms with Crippen molar-refractivity contribution in [2.75, 3.05) is 5.73 Å². The number of nitrogen functional groups attached to an aromatic ring is 1. The van der Waals surface area contributed by atoms with Gasteiger partial charge in [0.15, 0.2) is 0 Å². The summed E-state index contributed by atoms with van der Waals surface area (Å²) in [4.78, 5) is 0. The van der Waals surface area contributed by atoms with Crippen LogP contribution in [-0.4, -0.2) is 9.78 Å². The fraction of sp³-hybridized carbons (Fsp3) is 0.308. The number of hydrogen-bond donors (Lipinski definition) is 1. The smallest absolute Gasteiger partial charge is 0.122 e. The number of nitrogens with two attached hydrogens (primary N) is 1. The van der Waals surface area contributed by atoms with E-state index >= 15 is 0 Å². The minimum absolute atomic E-state index is 0.345. The van der Waals surface area contributed by atoms with E-state index < -0.39 is 0 Å². The van der Waals surface area contributed by atoms with Crippen LogP contribution in [0.5, 0.6) is 0 Å². The van der Waals surface area contributed by atoms with Gasteiger partial charge in [0.2, 0.25) is 0 Å². The minimum atomic E-state index is 0.345. The van der Waals surface area contributed by atoms with Crippen LogP contribution >= 0.6 is 0 Å². The maximum atomic E-state index is 5.96. The summed E-state index contributed by atoms with van der Waals surface area (Å²) in [5.41, 5.74) is 8.01. The Morgan fingerprint density at radius 3 is 2.62 bits per heavy atom. The maximum absolute atomic E-state index is 5.96. The third-order valence-corrected chi connectivity index (χ3v) is 2.84. The Morgan fingerprint density at radius 1 is 1.31 bits per heavy atom. The van der Waals surface area contributed by atoms with Crippen molar-refractivity contribution < 1.29 is 0 Å². The minimum Gasteiger partial charge on any atom is -0.384 e. The molecule has 1 aromatic carbocycles. The molecular weight excluding hydrogens is 198 g/mol. The molecule has 3 nitrogen and oxygen atoms in total. The summed E-state index contributed by atoms with van der Waals surface area (Å²) >= 11 is 0. The van der Waals surface area contributed by atoms with Gasteiger partial charge in [0.1, 0.15) is 5.82 Å². The van der Waals surface area contributed by atoms with E-state index in [0.29, 0.717) is 6.04 Å². The van der Waals surface area contributed by atoms with Gasteiger partial charge in [0.25, 0.3) is 0 Å². The van der Waals surface area contributed by atoms with E-state index in [9.17, 15) is 0 Å². The Morgan fingerprint density at radius 2 is 2.00 bits per heavy atom. The molecule has 0 aliphatic rings. The lowest BCUT2D eigenvalue weighted by Gasteiger charge is -2.10. The molecule has 0 aliphatic carbocycles. The van der Waals surface area contributed by atoms with E-state index in [1.165, 1.54) is 0 Å². The molecule has 0 spiro atoms. The summed E-state index contributed by atoms with van der Waals surface area (Å²) in [6.07, 6.45) is 1.03. The van der Waals surface area contributed by atoms with E-state index in [-0.39, 0.29) is 0 Å². The number of benzene rings is 1. The molecule has 0 radical (unpaired) electrons. The second kappa shape index (κ2) is 4.39. The molecule has 0 amide bonds. The van der Waals surface area contributed by atoms with Crippen molar-refractivity contribution in [1.82, 2.24) is 9.78 Å². The van der Waals surface area contributed by atoms with Gasteiger partial charge in [-0.3, -0.25) is 0 Å². The molecule has 0 aliphatic heterocycles. The van der Waals surface area contributed by atoms with E-state index in [1.807, 2.05) is 41.1 Å². The second-order valence-corrected chi connectivity index (χ2v) is 4.02. The summed E-state index contributed by atoms with van der Waals surface area (Å²) < 4.78 is 1.89. The van der Waals surface area contributed by atoms with Crippen LogP contribution in [0.2, 0.25) is 0 Å². The molecule has 84 valence electrons. The van der Waals surface area contributed by atoms with Gasteiger partial charge in [0, 0.05) is 11.6 Å². The van der Waals surface area contributed by atoms with Crippen LogP contribution in [0.3, 0.4) is 0 Å². The van der Waals surface area contributed by atoms with Gasteiger partial charge in [-0.25, -0.2) is 4.68 Å². The van der Waals surface area contributed by atoms with Gasteiger partial charge in [-0.05, 0) is 13.3 Å². The van der Waals surface area contributed by atoms with Crippen LogP contribution in [-0.2, 0) is 0 Å². The lowest BCUT2D eigenvalue weighted by Crippen LogP contribution is -2.08.